The molecule has 0 saturated carbocycles. The lowest BCUT2D eigenvalue weighted by Crippen LogP contribution is -2.44. The van der Waals surface area contributed by atoms with Gasteiger partial charge in [0.25, 0.3) is 0 Å². The van der Waals surface area contributed by atoms with Crippen molar-refractivity contribution in [2.75, 3.05) is 20.3 Å². The SMILES string of the molecule is COC(=O)c1ccc(COC[C@H]2[C@H](Cl)CCN2C(=O)OC(C)(C)C)s1. The number of alkyl halides is 1. The van der Waals surface area contributed by atoms with Gasteiger partial charge in [0.05, 0.1) is 31.7 Å². The first kappa shape index (κ1) is 20.0. The van der Waals surface area contributed by atoms with Crippen molar-refractivity contribution in [1.82, 2.24) is 4.90 Å². The van der Waals surface area contributed by atoms with E-state index in [-0.39, 0.29) is 23.5 Å². The predicted molar refractivity (Wildman–Crippen MR) is 96.3 cm³/mol. The average molecular weight is 390 g/mol. The van der Waals surface area contributed by atoms with Crippen molar-refractivity contribution in [1.29, 1.82) is 0 Å². The monoisotopic (exact) mass is 389 g/mol. The van der Waals surface area contributed by atoms with E-state index in [1.807, 2.05) is 26.8 Å². The number of halogens is 1. The van der Waals surface area contributed by atoms with Gasteiger partial charge in [0.1, 0.15) is 10.5 Å². The first-order valence-electron chi connectivity index (χ1n) is 8.09. The number of hydrogen-bond donors (Lipinski definition) is 0. The number of hydrogen-bond acceptors (Lipinski definition) is 6. The molecule has 140 valence electrons. The highest BCUT2D eigenvalue weighted by molar-refractivity contribution is 7.13. The Morgan fingerprint density at radius 1 is 1.36 bits per heavy atom. The minimum absolute atomic E-state index is 0.165. The Morgan fingerprint density at radius 2 is 2.08 bits per heavy atom. The topological polar surface area (TPSA) is 65.1 Å². The summed E-state index contributed by atoms with van der Waals surface area (Å²) in [5.41, 5.74) is -0.547. The first-order valence-corrected chi connectivity index (χ1v) is 9.35. The Morgan fingerprint density at radius 3 is 2.72 bits per heavy atom. The molecule has 0 bridgehead atoms. The van der Waals surface area contributed by atoms with Crippen LogP contribution in [-0.4, -0.2) is 54.2 Å². The minimum Gasteiger partial charge on any atom is -0.465 e. The van der Waals surface area contributed by atoms with E-state index in [0.29, 0.717) is 31.1 Å². The highest BCUT2D eigenvalue weighted by atomic mass is 35.5. The molecule has 1 aliphatic rings. The lowest BCUT2D eigenvalue weighted by molar-refractivity contribution is 0.00933. The van der Waals surface area contributed by atoms with E-state index in [4.69, 9.17) is 21.1 Å². The molecule has 25 heavy (non-hydrogen) atoms. The summed E-state index contributed by atoms with van der Waals surface area (Å²) in [7, 11) is 1.35. The van der Waals surface area contributed by atoms with Gasteiger partial charge in [-0.3, -0.25) is 0 Å². The standard InChI is InChI=1S/C17H24ClNO5S/c1-17(2,3)24-16(21)19-8-7-12(18)13(19)10-23-9-11-5-6-14(25-11)15(20)22-4/h5-6,12-13H,7-10H2,1-4H3/t12-,13+/m1/s1. The predicted octanol–water partition coefficient (Wildman–Crippen LogP) is 3.67. The second-order valence-corrected chi connectivity index (χ2v) is 8.55. The number of amides is 1. The summed E-state index contributed by atoms with van der Waals surface area (Å²) in [6, 6.07) is 3.31. The molecule has 0 aromatic carbocycles. The molecule has 2 atom stereocenters. The number of thiophene rings is 1. The smallest absolute Gasteiger partial charge is 0.410 e. The number of likely N-dealkylation sites (tertiary alicyclic amines) is 1. The van der Waals surface area contributed by atoms with Crippen LogP contribution in [0.1, 0.15) is 41.7 Å². The normalized spacial score (nSPS) is 20.6. The van der Waals surface area contributed by atoms with Gasteiger partial charge < -0.3 is 19.1 Å². The number of nitrogens with zero attached hydrogens (tertiary/aromatic N) is 1. The van der Waals surface area contributed by atoms with Crippen molar-refractivity contribution in [3.63, 3.8) is 0 Å². The van der Waals surface area contributed by atoms with Gasteiger partial charge in [-0.25, -0.2) is 9.59 Å². The molecule has 2 heterocycles. The summed E-state index contributed by atoms with van der Waals surface area (Å²) in [6.45, 7) is 6.73. The Bertz CT molecular complexity index is 612. The number of rotatable bonds is 5. The fraction of sp³-hybridized carbons (Fsp3) is 0.647. The molecule has 1 aromatic rings. The third-order valence-corrected chi connectivity index (χ3v) is 5.22. The molecule has 1 saturated heterocycles. The maximum absolute atomic E-state index is 12.3. The van der Waals surface area contributed by atoms with Crippen molar-refractivity contribution in [3.8, 4) is 0 Å². The fourth-order valence-corrected chi connectivity index (χ4v) is 3.67. The Labute approximate surface area is 157 Å². The Kier molecular flexibility index (Phi) is 6.71. The zero-order valence-electron chi connectivity index (χ0n) is 14.9. The summed E-state index contributed by atoms with van der Waals surface area (Å²) in [5, 5.41) is -0.165. The molecule has 0 spiro atoms. The molecule has 0 aliphatic carbocycles. The zero-order chi connectivity index (χ0) is 18.6. The lowest BCUT2D eigenvalue weighted by Gasteiger charge is -2.29. The van der Waals surface area contributed by atoms with Crippen molar-refractivity contribution in [2.24, 2.45) is 0 Å². The van der Waals surface area contributed by atoms with Crippen LogP contribution in [0.25, 0.3) is 0 Å². The lowest BCUT2D eigenvalue weighted by atomic mass is 10.2. The van der Waals surface area contributed by atoms with Crippen molar-refractivity contribution in [3.05, 3.63) is 21.9 Å². The highest BCUT2D eigenvalue weighted by Gasteiger charge is 2.38. The van der Waals surface area contributed by atoms with Gasteiger partial charge in [0.15, 0.2) is 0 Å². The van der Waals surface area contributed by atoms with E-state index in [1.54, 1.807) is 11.0 Å². The molecule has 6 nitrogen and oxygen atoms in total. The van der Waals surface area contributed by atoms with Crippen LogP contribution in [0.3, 0.4) is 0 Å². The number of methoxy groups -OCH3 is 1. The maximum atomic E-state index is 12.3. The van der Waals surface area contributed by atoms with Crippen molar-refractivity contribution < 1.29 is 23.8 Å². The molecular formula is C17H24ClNO5S. The minimum atomic E-state index is -0.547. The second-order valence-electron chi connectivity index (χ2n) is 6.82. The Balaban J connectivity index is 1.88. The number of carbonyl (C=O) groups is 2. The number of esters is 1. The highest BCUT2D eigenvalue weighted by Crippen LogP contribution is 2.26. The Hall–Kier alpha value is -1.31. The summed E-state index contributed by atoms with van der Waals surface area (Å²) in [5.74, 6) is -0.357. The number of carbonyl (C=O) groups excluding carboxylic acids is 2. The molecule has 2 rings (SSSR count). The van der Waals surface area contributed by atoms with E-state index < -0.39 is 5.60 Å². The van der Waals surface area contributed by atoms with Gasteiger partial charge in [-0.1, -0.05) is 0 Å². The number of ether oxygens (including phenoxy) is 3. The van der Waals surface area contributed by atoms with E-state index >= 15 is 0 Å². The van der Waals surface area contributed by atoms with Crippen LogP contribution >= 0.6 is 22.9 Å². The summed E-state index contributed by atoms with van der Waals surface area (Å²) < 4.78 is 15.9. The van der Waals surface area contributed by atoms with Crippen LogP contribution in [0.15, 0.2) is 12.1 Å². The van der Waals surface area contributed by atoms with Crippen LogP contribution in [0.5, 0.6) is 0 Å². The molecule has 1 aromatic heterocycles. The van der Waals surface area contributed by atoms with Gasteiger partial charge in [0.2, 0.25) is 0 Å². The molecular weight excluding hydrogens is 366 g/mol. The van der Waals surface area contributed by atoms with Crippen LogP contribution in [-0.2, 0) is 20.8 Å². The maximum Gasteiger partial charge on any atom is 0.410 e. The quantitative estimate of drug-likeness (QED) is 0.567. The van der Waals surface area contributed by atoms with Crippen molar-refractivity contribution >= 4 is 35.0 Å². The van der Waals surface area contributed by atoms with Crippen LogP contribution < -0.4 is 0 Å². The average Bonchev–Trinajstić information content (AvgIpc) is 3.12. The van der Waals surface area contributed by atoms with Crippen LogP contribution in [0.4, 0.5) is 4.79 Å². The largest absolute Gasteiger partial charge is 0.465 e. The molecule has 0 unspecified atom stereocenters. The summed E-state index contributed by atoms with van der Waals surface area (Å²) >= 11 is 7.67. The molecule has 8 heteroatoms. The van der Waals surface area contributed by atoms with Crippen LogP contribution in [0.2, 0.25) is 0 Å². The molecule has 0 radical (unpaired) electrons. The zero-order valence-corrected chi connectivity index (χ0v) is 16.5. The molecule has 1 aliphatic heterocycles. The van der Waals surface area contributed by atoms with Gasteiger partial charge in [-0.15, -0.1) is 22.9 Å². The van der Waals surface area contributed by atoms with E-state index in [2.05, 4.69) is 4.74 Å². The summed E-state index contributed by atoms with van der Waals surface area (Å²) in [4.78, 5) is 26.8. The van der Waals surface area contributed by atoms with Gasteiger partial charge >= 0.3 is 12.1 Å². The van der Waals surface area contributed by atoms with Gasteiger partial charge in [-0.2, -0.15) is 0 Å². The van der Waals surface area contributed by atoms with E-state index in [1.165, 1.54) is 18.4 Å². The summed E-state index contributed by atoms with van der Waals surface area (Å²) in [6.07, 6.45) is 0.341. The van der Waals surface area contributed by atoms with E-state index in [9.17, 15) is 9.59 Å². The third-order valence-electron chi connectivity index (χ3n) is 3.67. The first-order chi connectivity index (χ1) is 11.7. The van der Waals surface area contributed by atoms with Crippen molar-refractivity contribution in [2.45, 2.75) is 50.8 Å². The molecule has 1 fully saturated rings. The van der Waals surface area contributed by atoms with Crippen LogP contribution in [0, 0.1) is 0 Å². The third kappa shape index (κ3) is 5.59. The molecule has 1 amide bonds. The van der Waals surface area contributed by atoms with E-state index in [0.717, 1.165) is 4.88 Å². The van der Waals surface area contributed by atoms with Gasteiger partial charge in [-0.05, 0) is 39.3 Å². The fourth-order valence-electron chi connectivity index (χ4n) is 2.50. The van der Waals surface area contributed by atoms with Gasteiger partial charge in [0, 0.05) is 11.4 Å². The molecule has 0 N–H and O–H groups in total. The second kappa shape index (κ2) is 8.38.